The second kappa shape index (κ2) is 7.92. The summed E-state index contributed by atoms with van der Waals surface area (Å²) in [5, 5.41) is 5.75. The Bertz CT molecular complexity index is 904. The van der Waals surface area contributed by atoms with E-state index < -0.39 is 23.8 Å². The highest BCUT2D eigenvalue weighted by Crippen LogP contribution is 2.35. The number of nitrogens with one attached hydrogen (secondary N) is 2. The van der Waals surface area contributed by atoms with Crippen molar-refractivity contribution in [2.24, 2.45) is 11.1 Å². The first-order valence-corrected chi connectivity index (χ1v) is 10.6. The number of hydrogen-bond donors (Lipinski definition) is 3. The van der Waals surface area contributed by atoms with Gasteiger partial charge in [-0.2, -0.15) is 0 Å². The number of rotatable bonds is 5. The summed E-state index contributed by atoms with van der Waals surface area (Å²) in [6.07, 6.45) is 4.45. The van der Waals surface area contributed by atoms with Crippen LogP contribution in [0.2, 0.25) is 0 Å². The van der Waals surface area contributed by atoms with Gasteiger partial charge >= 0.3 is 0 Å². The standard InChI is InChI=1S/C22H28N4O4/c1-22(12-23)9-7-14(8-10-22)24-11-13-3-2-4-15-18(13)21(30)26(20(15)29)16-5-6-17(27)25-19(16)28/h2-4,14,16,24H,5-12,23H2,1H3,(H,25,27,28). The van der Waals surface area contributed by atoms with Crippen molar-refractivity contribution in [1.29, 1.82) is 0 Å². The van der Waals surface area contributed by atoms with E-state index in [1.54, 1.807) is 12.1 Å². The number of carbonyl (C=O) groups excluding carboxylic acids is 4. The van der Waals surface area contributed by atoms with E-state index >= 15 is 0 Å². The van der Waals surface area contributed by atoms with Crippen LogP contribution in [0.1, 0.15) is 71.7 Å². The second-order valence-corrected chi connectivity index (χ2v) is 8.96. The molecule has 1 unspecified atom stereocenters. The fraction of sp³-hybridized carbons (Fsp3) is 0.545. The zero-order valence-electron chi connectivity index (χ0n) is 17.2. The highest BCUT2D eigenvalue weighted by Gasteiger charge is 2.45. The first-order chi connectivity index (χ1) is 14.3. The summed E-state index contributed by atoms with van der Waals surface area (Å²) in [7, 11) is 0. The Morgan fingerprint density at radius 1 is 1.13 bits per heavy atom. The molecule has 1 saturated heterocycles. The molecule has 0 bridgehead atoms. The van der Waals surface area contributed by atoms with Gasteiger partial charge in [0, 0.05) is 19.0 Å². The molecule has 0 aromatic heterocycles. The smallest absolute Gasteiger partial charge is 0.262 e. The van der Waals surface area contributed by atoms with Gasteiger partial charge in [0.1, 0.15) is 6.04 Å². The first kappa shape index (κ1) is 20.7. The molecule has 1 aromatic rings. The average Bonchev–Trinajstić information content (AvgIpc) is 2.99. The van der Waals surface area contributed by atoms with Gasteiger partial charge in [-0.15, -0.1) is 0 Å². The summed E-state index contributed by atoms with van der Waals surface area (Å²) in [6, 6.07) is 4.64. The van der Waals surface area contributed by atoms with E-state index in [0.29, 0.717) is 30.3 Å². The molecule has 3 aliphatic rings. The zero-order valence-corrected chi connectivity index (χ0v) is 17.2. The van der Waals surface area contributed by atoms with Gasteiger partial charge in [0.05, 0.1) is 11.1 Å². The lowest BCUT2D eigenvalue weighted by molar-refractivity contribution is -0.136. The minimum atomic E-state index is -0.941. The van der Waals surface area contributed by atoms with Crippen molar-refractivity contribution < 1.29 is 19.2 Å². The predicted octanol–water partition coefficient (Wildman–Crippen LogP) is 1.09. The fourth-order valence-electron chi connectivity index (χ4n) is 4.71. The monoisotopic (exact) mass is 412 g/mol. The highest BCUT2D eigenvalue weighted by atomic mass is 16.2. The number of carbonyl (C=O) groups is 4. The Balaban J connectivity index is 1.48. The van der Waals surface area contributed by atoms with Crippen LogP contribution >= 0.6 is 0 Å². The normalized spacial score (nSPS) is 29.2. The molecule has 1 saturated carbocycles. The molecule has 8 nitrogen and oxygen atoms in total. The number of piperidine rings is 1. The molecule has 1 atom stereocenters. The lowest BCUT2D eigenvalue weighted by Gasteiger charge is -2.36. The summed E-state index contributed by atoms with van der Waals surface area (Å²) in [5.41, 5.74) is 7.54. The van der Waals surface area contributed by atoms with Crippen LogP contribution in [0, 0.1) is 5.41 Å². The van der Waals surface area contributed by atoms with Gasteiger partial charge in [-0.25, -0.2) is 0 Å². The van der Waals surface area contributed by atoms with Crippen LogP contribution < -0.4 is 16.4 Å². The molecule has 2 aliphatic heterocycles. The number of amides is 4. The van der Waals surface area contributed by atoms with Crippen molar-refractivity contribution in [3.8, 4) is 0 Å². The third-order valence-corrected chi connectivity index (χ3v) is 6.82. The molecule has 2 fully saturated rings. The van der Waals surface area contributed by atoms with Gasteiger partial charge in [-0.3, -0.25) is 29.4 Å². The van der Waals surface area contributed by atoms with Gasteiger partial charge in [-0.1, -0.05) is 19.1 Å². The molecule has 0 radical (unpaired) electrons. The lowest BCUT2D eigenvalue weighted by Crippen LogP contribution is -2.54. The maximum atomic E-state index is 13.1. The van der Waals surface area contributed by atoms with E-state index in [-0.39, 0.29) is 24.2 Å². The van der Waals surface area contributed by atoms with Gasteiger partial charge < -0.3 is 11.1 Å². The molecule has 4 N–H and O–H groups in total. The second-order valence-electron chi connectivity index (χ2n) is 8.96. The largest absolute Gasteiger partial charge is 0.330 e. The summed E-state index contributed by atoms with van der Waals surface area (Å²) in [4.78, 5) is 50.7. The predicted molar refractivity (Wildman–Crippen MR) is 109 cm³/mol. The third kappa shape index (κ3) is 3.65. The molecule has 160 valence electrons. The van der Waals surface area contributed by atoms with Crippen molar-refractivity contribution in [1.82, 2.24) is 15.5 Å². The van der Waals surface area contributed by atoms with Crippen molar-refractivity contribution >= 4 is 23.6 Å². The fourth-order valence-corrected chi connectivity index (χ4v) is 4.71. The molecule has 0 spiro atoms. The molecule has 4 amide bonds. The molecular weight excluding hydrogens is 384 g/mol. The minimum Gasteiger partial charge on any atom is -0.330 e. The Kier molecular flexibility index (Phi) is 5.46. The van der Waals surface area contributed by atoms with Crippen LogP contribution in [0.15, 0.2) is 18.2 Å². The third-order valence-electron chi connectivity index (χ3n) is 6.82. The van der Waals surface area contributed by atoms with Crippen LogP contribution in [0.3, 0.4) is 0 Å². The van der Waals surface area contributed by atoms with Crippen LogP contribution in [-0.4, -0.2) is 47.2 Å². The maximum absolute atomic E-state index is 13.1. The van der Waals surface area contributed by atoms with E-state index in [9.17, 15) is 19.2 Å². The summed E-state index contributed by atoms with van der Waals surface area (Å²) in [5.74, 6) is -1.90. The van der Waals surface area contributed by atoms with E-state index in [4.69, 9.17) is 5.73 Å². The van der Waals surface area contributed by atoms with Gasteiger partial charge in [-0.05, 0) is 55.7 Å². The highest BCUT2D eigenvalue weighted by molar-refractivity contribution is 6.24. The minimum absolute atomic E-state index is 0.113. The van der Waals surface area contributed by atoms with E-state index in [2.05, 4.69) is 17.6 Å². The molecule has 4 rings (SSSR count). The van der Waals surface area contributed by atoms with Crippen molar-refractivity contribution in [3.05, 3.63) is 34.9 Å². The van der Waals surface area contributed by atoms with E-state index in [0.717, 1.165) is 36.1 Å². The van der Waals surface area contributed by atoms with Crippen molar-refractivity contribution in [2.45, 2.75) is 64.1 Å². The Labute approximate surface area is 175 Å². The summed E-state index contributed by atoms with van der Waals surface area (Å²) >= 11 is 0. The summed E-state index contributed by atoms with van der Waals surface area (Å²) in [6.45, 7) is 3.40. The lowest BCUT2D eigenvalue weighted by atomic mass is 9.74. The summed E-state index contributed by atoms with van der Waals surface area (Å²) < 4.78 is 0. The number of nitrogens with zero attached hydrogens (tertiary/aromatic N) is 1. The SMILES string of the molecule is CC1(CN)CCC(NCc2cccc3c2C(=O)N(C2CCC(=O)NC2=O)C3=O)CC1. The number of fused-ring (bicyclic) bond motifs is 1. The molecule has 1 aliphatic carbocycles. The Hall–Kier alpha value is -2.58. The number of benzene rings is 1. The number of nitrogens with two attached hydrogens (primary N) is 1. The number of hydrogen-bond acceptors (Lipinski definition) is 6. The van der Waals surface area contributed by atoms with Crippen molar-refractivity contribution in [3.63, 3.8) is 0 Å². The van der Waals surface area contributed by atoms with E-state index in [1.807, 2.05) is 6.07 Å². The van der Waals surface area contributed by atoms with E-state index in [1.165, 1.54) is 0 Å². The molecule has 1 aromatic carbocycles. The van der Waals surface area contributed by atoms with Gasteiger partial charge in [0.15, 0.2) is 0 Å². The Morgan fingerprint density at radius 2 is 1.87 bits per heavy atom. The molecule has 2 heterocycles. The van der Waals surface area contributed by atoms with Crippen LogP contribution in [0.4, 0.5) is 0 Å². The van der Waals surface area contributed by atoms with Gasteiger partial charge in [0.25, 0.3) is 11.8 Å². The van der Waals surface area contributed by atoms with Crippen LogP contribution in [0.5, 0.6) is 0 Å². The first-order valence-electron chi connectivity index (χ1n) is 10.6. The van der Waals surface area contributed by atoms with Crippen molar-refractivity contribution in [2.75, 3.05) is 6.54 Å². The quantitative estimate of drug-likeness (QED) is 0.623. The Morgan fingerprint density at radius 3 is 2.53 bits per heavy atom. The number of imide groups is 2. The van der Waals surface area contributed by atoms with Crippen LogP contribution in [0.25, 0.3) is 0 Å². The van der Waals surface area contributed by atoms with Gasteiger partial charge in [0.2, 0.25) is 11.8 Å². The molecular formula is C22H28N4O4. The topological polar surface area (TPSA) is 122 Å². The molecule has 30 heavy (non-hydrogen) atoms. The maximum Gasteiger partial charge on any atom is 0.262 e. The molecule has 8 heteroatoms. The zero-order chi connectivity index (χ0) is 21.5. The van der Waals surface area contributed by atoms with Crippen LogP contribution in [-0.2, 0) is 16.1 Å². The average molecular weight is 412 g/mol.